The Morgan fingerprint density at radius 3 is 2.91 bits per heavy atom. The summed E-state index contributed by atoms with van der Waals surface area (Å²) in [6.07, 6.45) is 4.57. The summed E-state index contributed by atoms with van der Waals surface area (Å²) in [6.45, 7) is 4.18. The van der Waals surface area contributed by atoms with Gasteiger partial charge in [0.05, 0.1) is 10.7 Å². The van der Waals surface area contributed by atoms with Gasteiger partial charge in [-0.05, 0) is 31.7 Å². The van der Waals surface area contributed by atoms with E-state index in [9.17, 15) is 0 Å². The largest absolute Gasteiger partial charge is 0.246 e. The van der Waals surface area contributed by atoms with E-state index in [-0.39, 0.29) is 0 Å². The Kier molecular flexibility index (Phi) is 3.92. The van der Waals surface area contributed by atoms with Gasteiger partial charge in [-0.1, -0.05) is 18.7 Å². The molecule has 1 aliphatic carbocycles. The number of thioether (sulfide) groups is 1. The monoisotopic (exact) mass is 347 g/mol. The van der Waals surface area contributed by atoms with Gasteiger partial charge in [0.15, 0.2) is 0 Å². The average molecular weight is 348 g/mol. The molecule has 0 saturated carbocycles. The zero-order chi connectivity index (χ0) is 15.1. The second-order valence-electron chi connectivity index (χ2n) is 5.48. The molecule has 0 N–H and O–H groups in total. The molecule has 0 radical (unpaired) electrons. The van der Waals surface area contributed by atoms with Gasteiger partial charge in [0, 0.05) is 27.8 Å². The number of thiophene rings is 1. The van der Waals surface area contributed by atoms with Gasteiger partial charge in [0.2, 0.25) is 0 Å². The van der Waals surface area contributed by atoms with Crippen molar-refractivity contribution in [2.75, 3.05) is 0 Å². The van der Waals surface area contributed by atoms with Crippen molar-refractivity contribution in [2.24, 2.45) is 0 Å². The maximum atomic E-state index is 4.83. The van der Waals surface area contributed by atoms with E-state index in [1.54, 1.807) is 11.3 Å². The van der Waals surface area contributed by atoms with Crippen LogP contribution in [0.15, 0.2) is 10.4 Å². The van der Waals surface area contributed by atoms with Crippen LogP contribution in [-0.4, -0.2) is 15.0 Å². The highest BCUT2D eigenvalue weighted by Gasteiger charge is 2.22. The lowest BCUT2D eigenvalue weighted by Gasteiger charge is -2.05. The average Bonchev–Trinajstić information content (AvgIpc) is 3.19. The lowest BCUT2D eigenvalue weighted by Crippen LogP contribution is -1.96. The van der Waals surface area contributed by atoms with E-state index in [1.165, 1.54) is 39.9 Å². The van der Waals surface area contributed by atoms with E-state index in [2.05, 4.69) is 24.2 Å². The zero-order valence-electron chi connectivity index (χ0n) is 12.7. The molecule has 0 unspecified atom stereocenters. The predicted molar refractivity (Wildman–Crippen MR) is 95.2 cm³/mol. The maximum absolute atomic E-state index is 4.83. The third-order valence-electron chi connectivity index (χ3n) is 3.92. The van der Waals surface area contributed by atoms with Crippen LogP contribution in [0.3, 0.4) is 0 Å². The minimum atomic E-state index is 0.891. The molecule has 0 amide bonds. The SMILES string of the molecule is CCc1nc(SCc2csc(C)n2)c2c3c(sc2n1)CCC3. The highest BCUT2D eigenvalue weighted by molar-refractivity contribution is 7.98. The molecule has 0 fully saturated rings. The molecule has 3 aromatic rings. The highest BCUT2D eigenvalue weighted by atomic mass is 32.2. The minimum absolute atomic E-state index is 0.891. The molecule has 0 aromatic carbocycles. The van der Waals surface area contributed by atoms with Gasteiger partial charge in [-0.3, -0.25) is 0 Å². The van der Waals surface area contributed by atoms with Gasteiger partial charge in [-0.15, -0.1) is 22.7 Å². The van der Waals surface area contributed by atoms with Gasteiger partial charge < -0.3 is 0 Å². The molecule has 0 atom stereocenters. The fraction of sp³-hybridized carbons (Fsp3) is 0.438. The van der Waals surface area contributed by atoms with Gasteiger partial charge in [0.25, 0.3) is 0 Å². The van der Waals surface area contributed by atoms with Crippen molar-refractivity contribution >= 4 is 44.7 Å². The summed E-state index contributed by atoms with van der Waals surface area (Å²) < 4.78 is 0. The van der Waals surface area contributed by atoms with Crippen molar-refractivity contribution in [3.05, 3.63) is 32.3 Å². The smallest absolute Gasteiger partial charge is 0.131 e. The molecule has 4 rings (SSSR count). The topological polar surface area (TPSA) is 38.7 Å². The minimum Gasteiger partial charge on any atom is -0.246 e. The Labute approximate surface area is 142 Å². The predicted octanol–water partition coefficient (Wildman–Crippen LogP) is 4.80. The Morgan fingerprint density at radius 2 is 2.14 bits per heavy atom. The summed E-state index contributed by atoms with van der Waals surface area (Å²) in [6, 6.07) is 0. The Morgan fingerprint density at radius 1 is 1.23 bits per heavy atom. The van der Waals surface area contributed by atoms with Crippen molar-refractivity contribution in [2.45, 2.75) is 50.3 Å². The van der Waals surface area contributed by atoms with E-state index >= 15 is 0 Å². The van der Waals surface area contributed by atoms with Crippen molar-refractivity contribution < 1.29 is 0 Å². The van der Waals surface area contributed by atoms with Gasteiger partial charge >= 0.3 is 0 Å². The number of rotatable bonds is 4. The molecular weight excluding hydrogens is 330 g/mol. The van der Waals surface area contributed by atoms with Crippen LogP contribution in [0.1, 0.15) is 40.3 Å². The van der Waals surface area contributed by atoms with E-state index < -0.39 is 0 Å². The van der Waals surface area contributed by atoms with Crippen LogP contribution < -0.4 is 0 Å². The Bertz CT molecular complexity index is 835. The molecule has 0 bridgehead atoms. The summed E-state index contributed by atoms with van der Waals surface area (Å²) in [5.41, 5.74) is 2.67. The molecule has 22 heavy (non-hydrogen) atoms. The summed E-state index contributed by atoms with van der Waals surface area (Å²) in [5, 5.41) is 5.77. The number of aromatic nitrogens is 3. The summed E-state index contributed by atoms with van der Waals surface area (Å²) in [7, 11) is 0. The lowest BCUT2D eigenvalue weighted by atomic mass is 10.2. The Balaban J connectivity index is 1.74. The third kappa shape index (κ3) is 2.57. The fourth-order valence-electron chi connectivity index (χ4n) is 2.88. The van der Waals surface area contributed by atoms with Crippen LogP contribution in [-0.2, 0) is 25.0 Å². The summed E-state index contributed by atoms with van der Waals surface area (Å²) in [4.78, 5) is 16.9. The number of hydrogen-bond acceptors (Lipinski definition) is 6. The van der Waals surface area contributed by atoms with Crippen LogP contribution in [0.2, 0.25) is 0 Å². The highest BCUT2D eigenvalue weighted by Crippen LogP contribution is 2.41. The summed E-state index contributed by atoms with van der Waals surface area (Å²) in [5.74, 6) is 1.86. The zero-order valence-corrected chi connectivity index (χ0v) is 15.1. The molecule has 114 valence electrons. The van der Waals surface area contributed by atoms with Crippen molar-refractivity contribution in [3.63, 3.8) is 0 Å². The Hall–Kier alpha value is -0.980. The second kappa shape index (κ2) is 5.91. The molecule has 3 aromatic heterocycles. The standard InChI is InChI=1S/C16H17N3S3/c1-3-13-18-15(21-8-10-7-20-9(2)17-10)14-11-5-4-6-12(11)22-16(14)19-13/h7H,3-6,8H2,1-2H3. The van der Waals surface area contributed by atoms with E-state index in [0.29, 0.717) is 0 Å². The molecule has 0 saturated heterocycles. The van der Waals surface area contributed by atoms with Crippen LogP contribution in [0.25, 0.3) is 10.2 Å². The fourth-order valence-corrected chi connectivity index (χ4v) is 5.91. The van der Waals surface area contributed by atoms with Gasteiger partial charge in [-0.25, -0.2) is 15.0 Å². The van der Waals surface area contributed by atoms with Crippen molar-refractivity contribution in [1.29, 1.82) is 0 Å². The van der Waals surface area contributed by atoms with Crippen molar-refractivity contribution in [1.82, 2.24) is 15.0 Å². The van der Waals surface area contributed by atoms with Crippen molar-refractivity contribution in [3.8, 4) is 0 Å². The first-order valence-electron chi connectivity index (χ1n) is 7.59. The molecule has 6 heteroatoms. The summed E-state index contributed by atoms with van der Waals surface area (Å²) >= 11 is 5.41. The molecule has 3 nitrogen and oxygen atoms in total. The van der Waals surface area contributed by atoms with E-state index in [4.69, 9.17) is 9.97 Å². The third-order valence-corrected chi connectivity index (χ3v) is 6.93. The number of thiazole rings is 1. The second-order valence-corrected chi connectivity index (χ2v) is 8.59. The van der Waals surface area contributed by atoms with Crippen LogP contribution in [0.5, 0.6) is 0 Å². The van der Waals surface area contributed by atoms with Gasteiger partial charge in [-0.2, -0.15) is 0 Å². The molecule has 1 aliphatic rings. The van der Waals surface area contributed by atoms with Crippen LogP contribution in [0, 0.1) is 6.92 Å². The number of nitrogens with zero attached hydrogens (tertiary/aromatic N) is 3. The van der Waals surface area contributed by atoms with Crippen LogP contribution in [0.4, 0.5) is 0 Å². The normalized spacial score (nSPS) is 13.9. The quantitative estimate of drug-likeness (QED) is 0.502. The molecule has 3 heterocycles. The van der Waals surface area contributed by atoms with Crippen LogP contribution >= 0.6 is 34.4 Å². The van der Waals surface area contributed by atoms with E-state index in [1.807, 2.05) is 23.1 Å². The van der Waals surface area contributed by atoms with E-state index in [0.717, 1.165) is 33.7 Å². The molecule has 0 aliphatic heterocycles. The number of aryl methyl sites for hydroxylation is 4. The number of hydrogen-bond donors (Lipinski definition) is 0. The molecule has 0 spiro atoms. The first-order valence-corrected chi connectivity index (χ1v) is 10.3. The van der Waals surface area contributed by atoms with Gasteiger partial charge in [0.1, 0.15) is 15.7 Å². The first-order chi connectivity index (χ1) is 10.7. The molecular formula is C16H17N3S3. The first kappa shape index (κ1) is 14.6. The lowest BCUT2D eigenvalue weighted by molar-refractivity contribution is 0.903. The maximum Gasteiger partial charge on any atom is 0.131 e. The number of fused-ring (bicyclic) bond motifs is 3.